The third-order valence-corrected chi connectivity index (χ3v) is 3.84. The van der Waals surface area contributed by atoms with Gasteiger partial charge in [0, 0.05) is 5.69 Å². The molecule has 0 aromatic heterocycles. The Morgan fingerprint density at radius 3 is 2.54 bits per heavy atom. The Hall–Kier alpha value is -3.06. The molecule has 0 heterocycles. The molecule has 0 fully saturated rings. The first-order valence-electron chi connectivity index (χ1n) is 7.72. The number of carbonyl (C=O) groups excluding carboxylic acids is 2. The minimum Gasteiger partial charge on any atom is -0.478 e. The molecule has 0 spiro atoms. The number of rotatable bonds is 6. The van der Waals surface area contributed by atoms with Crippen LogP contribution in [0.4, 0.5) is 11.4 Å². The van der Waals surface area contributed by atoms with Gasteiger partial charge in [-0.2, -0.15) is 0 Å². The van der Waals surface area contributed by atoms with Gasteiger partial charge in [-0.1, -0.05) is 24.6 Å². The van der Waals surface area contributed by atoms with E-state index in [1.165, 1.54) is 30.3 Å². The van der Waals surface area contributed by atoms with Crippen molar-refractivity contribution in [2.24, 2.45) is 0 Å². The molecule has 2 rings (SSSR count). The van der Waals surface area contributed by atoms with Crippen molar-refractivity contribution in [1.29, 1.82) is 0 Å². The van der Waals surface area contributed by atoms with Gasteiger partial charge >= 0.3 is 11.9 Å². The number of hydrogen-bond donors (Lipinski definition) is 3. The largest absolute Gasteiger partial charge is 0.478 e. The van der Waals surface area contributed by atoms with Crippen LogP contribution in [-0.2, 0) is 9.53 Å². The first kappa shape index (κ1) is 19.3. The molecule has 2 aromatic carbocycles. The maximum Gasteiger partial charge on any atom is 0.338 e. The summed E-state index contributed by atoms with van der Waals surface area (Å²) in [6.07, 6.45) is -0.857. The molecule has 1 amide bonds. The molecule has 7 nitrogen and oxygen atoms in total. The summed E-state index contributed by atoms with van der Waals surface area (Å²) in [5.74, 6) is -2.46. The molecule has 0 aliphatic rings. The number of nitrogens with one attached hydrogen (secondary N) is 1. The van der Waals surface area contributed by atoms with Crippen molar-refractivity contribution in [2.75, 3.05) is 11.1 Å². The third-order valence-electron chi connectivity index (χ3n) is 3.51. The zero-order chi connectivity index (χ0) is 19.3. The lowest BCUT2D eigenvalue weighted by atomic mass is 10.2. The highest BCUT2D eigenvalue weighted by Crippen LogP contribution is 2.24. The number of benzene rings is 2. The Balaban J connectivity index is 2.13. The molecule has 2 aromatic rings. The minimum absolute atomic E-state index is 0.0329. The molecule has 1 atom stereocenters. The smallest absolute Gasteiger partial charge is 0.338 e. The van der Waals surface area contributed by atoms with E-state index in [4.69, 9.17) is 27.2 Å². The number of nitrogen functional groups attached to an aromatic ring is 1. The maximum absolute atomic E-state index is 12.4. The molecule has 8 heteroatoms. The Kier molecular flexibility index (Phi) is 6.19. The van der Waals surface area contributed by atoms with E-state index >= 15 is 0 Å². The lowest BCUT2D eigenvalue weighted by molar-refractivity contribution is -0.124. The Bertz CT molecular complexity index is 853. The molecule has 0 radical (unpaired) electrons. The number of carbonyl (C=O) groups is 3. The number of nitrogens with two attached hydrogens (primary N) is 1. The van der Waals surface area contributed by atoms with Crippen LogP contribution in [0.2, 0.25) is 5.02 Å². The van der Waals surface area contributed by atoms with Gasteiger partial charge in [-0.15, -0.1) is 0 Å². The van der Waals surface area contributed by atoms with Gasteiger partial charge < -0.3 is 20.9 Å². The second kappa shape index (κ2) is 8.35. The monoisotopic (exact) mass is 376 g/mol. The van der Waals surface area contributed by atoms with Crippen LogP contribution in [0.1, 0.15) is 34.1 Å². The van der Waals surface area contributed by atoms with Crippen molar-refractivity contribution >= 4 is 40.8 Å². The van der Waals surface area contributed by atoms with Crippen LogP contribution < -0.4 is 11.1 Å². The fourth-order valence-corrected chi connectivity index (χ4v) is 2.32. The molecular weight excluding hydrogens is 360 g/mol. The predicted molar refractivity (Wildman–Crippen MR) is 97.4 cm³/mol. The Morgan fingerprint density at radius 1 is 1.19 bits per heavy atom. The van der Waals surface area contributed by atoms with Gasteiger partial charge in [0.25, 0.3) is 5.91 Å². The molecule has 0 saturated carbocycles. The van der Waals surface area contributed by atoms with Crippen LogP contribution in [0.5, 0.6) is 0 Å². The summed E-state index contributed by atoms with van der Waals surface area (Å²) in [7, 11) is 0. The average Bonchev–Trinajstić information content (AvgIpc) is 2.60. The first-order chi connectivity index (χ1) is 12.3. The van der Waals surface area contributed by atoms with Crippen LogP contribution in [0, 0.1) is 0 Å². The molecular formula is C18H17ClN2O5. The summed E-state index contributed by atoms with van der Waals surface area (Å²) >= 11 is 5.98. The highest BCUT2D eigenvalue weighted by atomic mass is 35.5. The lowest BCUT2D eigenvalue weighted by Crippen LogP contribution is -2.32. The zero-order valence-corrected chi connectivity index (χ0v) is 14.6. The van der Waals surface area contributed by atoms with Gasteiger partial charge in [0.2, 0.25) is 0 Å². The van der Waals surface area contributed by atoms with Crippen molar-refractivity contribution in [3.8, 4) is 0 Å². The SMILES string of the molecule is CCC(OC(=O)c1cccc(N)c1)C(=O)Nc1cc(C(=O)O)ccc1Cl. The summed E-state index contributed by atoms with van der Waals surface area (Å²) in [5, 5.41) is 11.7. The quantitative estimate of drug-likeness (QED) is 0.526. The molecule has 1 unspecified atom stereocenters. The standard InChI is InChI=1S/C18H17ClN2O5/c1-2-15(26-18(25)11-4-3-5-12(20)8-11)16(22)21-14-9-10(17(23)24)6-7-13(14)19/h3-9,15H,2,20H2,1H3,(H,21,22)(H,23,24). The van der Waals surface area contributed by atoms with Gasteiger partial charge in [-0.25, -0.2) is 9.59 Å². The maximum atomic E-state index is 12.4. The van der Waals surface area contributed by atoms with E-state index in [1.807, 2.05) is 0 Å². The number of carboxylic acid groups (broad SMARTS) is 1. The van der Waals surface area contributed by atoms with E-state index < -0.39 is 23.9 Å². The topological polar surface area (TPSA) is 119 Å². The van der Waals surface area contributed by atoms with E-state index in [0.29, 0.717) is 5.69 Å². The number of esters is 1. The Labute approximate surface area is 154 Å². The average molecular weight is 377 g/mol. The molecule has 0 bridgehead atoms. The van der Waals surface area contributed by atoms with Gasteiger partial charge in [0.15, 0.2) is 6.10 Å². The number of anilines is 2. The molecule has 0 aliphatic heterocycles. The van der Waals surface area contributed by atoms with Crippen LogP contribution in [-0.4, -0.2) is 29.1 Å². The third kappa shape index (κ3) is 4.73. The second-order valence-corrected chi connectivity index (χ2v) is 5.82. The van der Waals surface area contributed by atoms with Crippen molar-refractivity contribution in [2.45, 2.75) is 19.4 Å². The van der Waals surface area contributed by atoms with Gasteiger partial charge in [0.1, 0.15) is 0 Å². The number of halogens is 1. The Morgan fingerprint density at radius 2 is 1.92 bits per heavy atom. The number of hydrogen-bond acceptors (Lipinski definition) is 5. The fourth-order valence-electron chi connectivity index (χ4n) is 2.15. The number of carboxylic acids is 1. The summed E-state index contributed by atoms with van der Waals surface area (Å²) in [6.45, 7) is 1.67. The summed E-state index contributed by atoms with van der Waals surface area (Å²) in [5.41, 5.74) is 6.34. The molecule has 0 aliphatic carbocycles. The van der Waals surface area contributed by atoms with Gasteiger partial charge in [-0.05, 0) is 42.8 Å². The second-order valence-electron chi connectivity index (χ2n) is 5.42. The van der Waals surface area contributed by atoms with Gasteiger partial charge in [0.05, 0.1) is 21.8 Å². The number of ether oxygens (including phenoxy) is 1. The van der Waals surface area contributed by atoms with E-state index in [2.05, 4.69) is 5.32 Å². The number of amides is 1. The van der Waals surface area contributed by atoms with Crippen LogP contribution in [0.3, 0.4) is 0 Å². The lowest BCUT2D eigenvalue weighted by Gasteiger charge is -2.17. The van der Waals surface area contributed by atoms with Crippen molar-refractivity contribution < 1.29 is 24.2 Å². The van der Waals surface area contributed by atoms with E-state index in [1.54, 1.807) is 19.1 Å². The van der Waals surface area contributed by atoms with Crippen molar-refractivity contribution in [3.63, 3.8) is 0 Å². The summed E-state index contributed by atoms with van der Waals surface area (Å²) in [4.78, 5) is 35.6. The van der Waals surface area contributed by atoms with Gasteiger partial charge in [-0.3, -0.25) is 4.79 Å². The number of aromatic carboxylic acids is 1. The molecule has 4 N–H and O–H groups in total. The van der Waals surface area contributed by atoms with Crippen LogP contribution in [0.15, 0.2) is 42.5 Å². The van der Waals surface area contributed by atoms with Crippen LogP contribution in [0.25, 0.3) is 0 Å². The van der Waals surface area contributed by atoms with E-state index in [9.17, 15) is 14.4 Å². The molecule has 0 saturated heterocycles. The van der Waals surface area contributed by atoms with E-state index in [0.717, 1.165) is 0 Å². The van der Waals surface area contributed by atoms with Crippen molar-refractivity contribution in [1.82, 2.24) is 0 Å². The minimum atomic E-state index is -1.16. The van der Waals surface area contributed by atoms with Crippen molar-refractivity contribution in [3.05, 3.63) is 58.6 Å². The predicted octanol–water partition coefficient (Wildman–Crippen LogP) is 3.19. The molecule has 26 heavy (non-hydrogen) atoms. The first-order valence-corrected chi connectivity index (χ1v) is 8.09. The molecule has 136 valence electrons. The zero-order valence-electron chi connectivity index (χ0n) is 13.9. The normalized spacial score (nSPS) is 11.5. The highest BCUT2D eigenvalue weighted by Gasteiger charge is 2.23. The van der Waals surface area contributed by atoms with Crippen LogP contribution >= 0.6 is 11.6 Å². The van der Waals surface area contributed by atoms with E-state index in [-0.39, 0.29) is 28.3 Å². The summed E-state index contributed by atoms with van der Waals surface area (Å²) < 4.78 is 5.23. The summed E-state index contributed by atoms with van der Waals surface area (Å²) in [6, 6.07) is 10.1. The fraction of sp³-hybridized carbons (Fsp3) is 0.167. The highest BCUT2D eigenvalue weighted by molar-refractivity contribution is 6.34.